The van der Waals surface area contributed by atoms with Crippen molar-refractivity contribution in [1.82, 2.24) is 4.98 Å². The third-order valence-corrected chi connectivity index (χ3v) is 7.56. The summed E-state index contributed by atoms with van der Waals surface area (Å²) in [6, 6.07) is 17.3. The number of benzene rings is 3. The van der Waals surface area contributed by atoms with Crippen LogP contribution in [0.5, 0.6) is 11.5 Å². The summed E-state index contributed by atoms with van der Waals surface area (Å²) in [7, 11) is 0. The number of aliphatic hydroxyl groups excluding tert-OH is 1. The van der Waals surface area contributed by atoms with E-state index in [-0.39, 0.29) is 11.3 Å². The van der Waals surface area contributed by atoms with E-state index in [4.69, 9.17) is 14.5 Å². The first-order chi connectivity index (χ1) is 18.8. The molecule has 1 atom stereocenters. The molecule has 1 unspecified atom stereocenters. The highest BCUT2D eigenvalue weighted by atomic mass is 32.1. The minimum absolute atomic E-state index is 0.00367. The van der Waals surface area contributed by atoms with Crippen LogP contribution in [0.4, 0.5) is 5.13 Å². The van der Waals surface area contributed by atoms with Gasteiger partial charge in [0.1, 0.15) is 17.3 Å². The summed E-state index contributed by atoms with van der Waals surface area (Å²) in [4.78, 5) is 33.4. The number of aliphatic hydroxyl groups is 1. The number of hydrogen-bond acceptors (Lipinski definition) is 7. The molecule has 5 rings (SSSR count). The summed E-state index contributed by atoms with van der Waals surface area (Å²) in [5.74, 6) is -0.486. The van der Waals surface area contributed by atoms with Crippen LogP contribution in [-0.4, -0.2) is 35.0 Å². The van der Waals surface area contributed by atoms with Crippen LogP contribution in [0.3, 0.4) is 0 Å². The quantitative estimate of drug-likeness (QED) is 0.151. The van der Waals surface area contributed by atoms with Gasteiger partial charge < -0.3 is 14.6 Å². The van der Waals surface area contributed by atoms with Gasteiger partial charge in [0.05, 0.1) is 35.0 Å². The lowest BCUT2D eigenvalue weighted by molar-refractivity contribution is -0.132. The van der Waals surface area contributed by atoms with Crippen molar-refractivity contribution in [2.75, 3.05) is 18.1 Å². The molecular formula is C31H30N2O5S. The molecular weight excluding hydrogens is 512 g/mol. The minimum Gasteiger partial charge on any atom is -0.507 e. The fourth-order valence-corrected chi connectivity index (χ4v) is 6.00. The van der Waals surface area contributed by atoms with Crippen molar-refractivity contribution >= 4 is 44.1 Å². The Balaban J connectivity index is 1.69. The second-order valence-electron chi connectivity index (χ2n) is 9.47. The van der Waals surface area contributed by atoms with Crippen molar-refractivity contribution in [2.24, 2.45) is 0 Å². The van der Waals surface area contributed by atoms with Gasteiger partial charge in [0, 0.05) is 5.56 Å². The fraction of sp³-hybridized carbons (Fsp3) is 0.258. The summed E-state index contributed by atoms with van der Waals surface area (Å²) < 4.78 is 12.3. The molecule has 0 saturated carbocycles. The van der Waals surface area contributed by atoms with E-state index in [1.807, 2.05) is 64.1 Å². The normalized spacial score (nSPS) is 16.7. The Morgan fingerprint density at radius 1 is 1.00 bits per heavy atom. The van der Waals surface area contributed by atoms with Gasteiger partial charge in [-0.25, -0.2) is 4.98 Å². The van der Waals surface area contributed by atoms with E-state index in [0.29, 0.717) is 41.0 Å². The van der Waals surface area contributed by atoms with Gasteiger partial charge in [0.15, 0.2) is 5.13 Å². The van der Waals surface area contributed by atoms with Crippen LogP contribution in [0.1, 0.15) is 48.6 Å². The molecule has 8 heteroatoms. The van der Waals surface area contributed by atoms with E-state index >= 15 is 0 Å². The van der Waals surface area contributed by atoms with E-state index < -0.39 is 17.7 Å². The van der Waals surface area contributed by atoms with Gasteiger partial charge in [0.2, 0.25) is 0 Å². The number of aryl methyl sites for hydroxylation is 2. The Morgan fingerprint density at radius 2 is 1.77 bits per heavy atom. The molecule has 2 heterocycles. The van der Waals surface area contributed by atoms with E-state index in [2.05, 4.69) is 0 Å². The molecule has 1 amide bonds. The third-order valence-electron chi connectivity index (χ3n) is 6.55. The van der Waals surface area contributed by atoms with Gasteiger partial charge in [-0.1, -0.05) is 36.5 Å². The van der Waals surface area contributed by atoms with E-state index in [1.54, 1.807) is 24.3 Å². The van der Waals surface area contributed by atoms with Gasteiger partial charge in [-0.15, -0.1) is 0 Å². The van der Waals surface area contributed by atoms with Crippen LogP contribution < -0.4 is 14.4 Å². The number of fused-ring (bicyclic) bond motifs is 1. The predicted molar refractivity (Wildman–Crippen MR) is 154 cm³/mol. The van der Waals surface area contributed by atoms with Crippen molar-refractivity contribution in [1.29, 1.82) is 0 Å². The highest BCUT2D eigenvalue weighted by Crippen LogP contribution is 2.45. The predicted octanol–water partition coefficient (Wildman–Crippen LogP) is 6.73. The number of rotatable bonds is 8. The number of amides is 1. The Labute approximate surface area is 231 Å². The maximum atomic E-state index is 13.6. The molecule has 39 heavy (non-hydrogen) atoms. The first-order valence-corrected chi connectivity index (χ1v) is 13.8. The van der Waals surface area contributed by atoms with Crippen molar-refractivity contribution in [3.63, 3.8) is 0 Å². The second kappa shape index (κ2) is 10.9. The lowest BCUT2D eigenvalue weighted by Gasteiger charge is -2.23. The number of Topliss-reactive ketones (excluding diaryl/α,β-unsaturated/α-hetero) is 1. The number of anilines is 1. The molecule has 3 aromatic carbocycles. The number of ketones is 1. The number of aromatic nitrogens is 1. The summed E-state index contributed by atoms with van der Waals surface area (Å²) in [6.45, 7) is 8.94. The SMILES string of the molecule is CCCOc1cccc(C2C(=C(O)c3ccc(OCC)cc3)C(=O)C(=O)N2c2nc3c(C)cc(C)cc3s2)c1. The van der Waals surface area contributed by atoms with Gasteiger partial charge >= 0.3 is 5.91 Å². The molecule has 0 bridgehead atoms. The average Bonchev–Trinajstić information content (AvgIpc) is 3.46. The summed E-state index contributed by atoms with van der Waals surface area (Å²) >= 11 is 1.35. The van der Waals surface area contributed by atoms with Gasteiger partial charge in [0.25, 0.3) is 5.78 Å². The number of carbonyl (C=O) groups excluding carboxylic acids is 2. The van der Waals surface area contributed by atoms with Gasteiger partial charge in [-0.3, -0.25) is 14.5 Å². The van der Waals surface area contributed by atoms with Crippen LogP contribution in [0.15, 0.2) is 66.2 Å². The second-order valence-corrected chi connectivity index (χ2v) is 10.5. The Bertz CT molecular complexity index is 1590. The molecule has 0 spiro atoms. The van der Waals surface area contributed by atoms with E-state index in [0.717, 1.165) is 27.8 Å². The monoisotopic (exact) mass is 542 g/mol. The smallest absolute Gasteiger partial charge is 0.301 e. The van der Waals surface area contributed by atoms with Gasteiger partial charge in [-0.05, 0) is 86.3 Å². The maximum Gasteiger partial charge on any atom is 0.301 e. The number of ether oxygens (including phenoxy) is 2. The molecule has 200 valence electrons. The van der Waals surface area contributed by atoms with E-state index in [1.165, 1.54) is 16.2 Å². The zero-order valence-corrected chi connectivity index (χ0v) is 23.2. The number of thiazole rings is 1. The standard InChI is InChI=1S/C31H30N2O5S/c1-5-14-38-23-9-7-8-21(17-23)27-25(28(34)20-10-12-22(13-11-20)37-6-2)29(35)30(36)33(27)31-32-26-19(4)15-18(3)16-24(26)39-31/h7-13,15-17,27,34H,5-6,14H2,1-4H3. The highest BCUT2D eigenvalue weighted by Gasteiger charge is 2.48. The molecule has 0 aliphatic carbocycles. The first kappa shape index (κ1) is 26.4. The van der Waals surface area contributed by atoms with Crippen molar-refractivity contribution in [3.8, 4) is 11.5 Å². The molecule has 0 radical (unpaired) electrons. The number of nitrogens with zero attached hydrogens (tertiary/aromatic N) is 2. The molecule has 1 aliphatic heterocycles. The van der Waals surface area contributed by atoms with E-state index in [9.17, 15) is 14.7 Å². The summed E-state index contributed by atoms with van der Waals surface area (Å²) in [5.41, 5.74) is 3.92. The zero-order valence-electron chi connectivity index (χ0n) is 22.4. The first-order valence-electron chi connectivity index (χ1n) is 13.0. The molecule has 1 aliphatic rings. The highest BCUT2D eigenvalue weighted by molar-refractivity contribution is 7.22. The zero-order chi connectivity index (χ0) is 27.7. The van der Waals surface area contributed by atoms with Crippen molar-refractivity contribution in [2.45, 2.75) is 40.2 Å². The Hall–Kier alpha value is -4.17. The van der Waals surface area contributed by atoms with Crippen LogP contribution in [0.2, 0.25) is 0 Å². The maximum absolute atomic E-state index is 13.6. The number of carbonyl (C=O) groups is 2. The average molecular weight is 543 g/mol. The topological polar surface area (TPSA) is 89.0 Å². The van der Waals surface area contributed by atoms with Crippen molar-refractivity contribution < 1.29 is 24.2 Å². The van der Waals surface area contributed by atoms with Crippen LogP contribution in [0.25, 0.3) is 16.0 Å². The molecule has 7 nitrogen and oxygen atoms in total. The molecule has 1 fully saturated rings. The molecule has 1 saturated heterocycles. The lowest BCUT2D eigenvalue weighted by atomic mass is 9.95. The molecule has 1 N–H and O–H groups in total. The lowest BCUT2D eigenvalue weighted by Crippen LogP contribution is -2.29. The van der Waals surface area contributed by atoms with Crippen molar-refractivity contribution in [3.05, 3.63) is 88.5 Å². The fourth-order valence-electron chi connectivity index (χ4n) is 4.83. The number of hydrogen-bond donors (Lipinski definition) is 1. The summed E-state index contributed by atoms with van der Waals surface area (Å²) in [6.07, 6.45) is 0.838. The van der Waals surface area contributed by atoms with Crippen LogP contribution in [0, 0.1) is 13.8 Å². The van der Waals surface area contributed by atoms with Crippen LogP contribution in [-0.2, 0) is 9.59 Å². The van der Waals surface area contributed by atoms with Gasteiger partial charge in [-0.2, -0.15) is 0 Å². The Kier molecular flexibility index (Phi) is 7.39. The van der Waals surface area contributed by atoms with Crippen LogP contribution >= 0.6 is 11.3 Å². The third kappa shape index (κ3) is 5.00. The molecule has 1 aromatic heterocycles. The Morgan fingerprint density at radius 3 is 2.49 bits per heavy atom. The summed E-state index contributed by atoms with van der Waals surface area (Å²) in [5, 5.41) is 11.8. The largest absolute Gasteiger partial charge is 0.507 e. The molecule has 4 aromatic rings. The minimum atomic E-state index is -0.885.